The summed E-state index contributed by atoms with van der Waals surface area (Å²) < 4.78 is 0. The highest BCUT2D eigenvalue weighted by molar-refractivity contribution is 5.90. The lowest BCUT2D eigenvalue weighted by Gasteiger charge is -2.33. The number of hydrogen-bond donors (Lipinski definition) is 5. The average Bonchev–Trinajstić information content (AvgIpc) is 2.85. The molecule has 0 aliphatic heterocycles. The van der Waals surface area contributed by atoms with Crippen LogP contribution in [-0.2, 0) is 22.4 Å². The number of amides is 2. The van der Waals surface area contributed by atoms with Crippen molar-refractivity contribution < 1.29 is 9.59 Å². The molecule has 0 aliphatic carbocycles. The molecular formula is C29H44N6O2. The highest BCUT2D eigenvalue weighted by atomic mass is 16.2. The molecule has 0 saturated heterocycles. The molecule has 8 nitrogen and oxygen atoms in total. The molecule has 8 heteroatoms. The minimum absolute atomic E-state index is 0.0196. The fraction of sp³-hybridized carbons (Fsp3) is 0.483. The van der Waals surface area contributed by atoms with Crippen molar-refractivity contribution >= 4 is 17.8 Å². The standard InChI is InChI=1S/C29H44N6O2/c1-19(2)23-11-7-21(8-12-23)16-29(18-30,17-22-9-13-24(14-10-22)20(3)4)27(37)35-25(26(31)36)6-5-15-34-28(32)33/h7-14,19-20,25H,5-6,15-18,30H2,1-4H3,(H2,31,36)(H,35,37)(H4,32,33,34)/t25-/m0/s1. The monoisotopic (exact) mass is 508 g/mol. The van der Waals surface area contributed by atoms with Gasteiger partial charge in [0.05, 0.1) is 5.41 Å². The van der Waals surface area contributed by atoms with Crippen LogP contribution >= 0.6 is 0 Å². The molecule has 0 radical (unpaired) electrons. The van der Waals surface area contributed by atoms with Gasteiger partial charge in [0, 0.05) is 13.1 Å². The number of carbonyl (C=O) groups is 2. The van der Waals surface area contributed by atoms with Gasteiger partial charge < -0.3 is 28.3 Å². The molecule has 2 aromatic rings. The summed E-state index contributed by atoms with van der Waals surface area (Å²) in [7, 11) is 0. The zero-order valence-electron chi connectivity index (χ0n) is 22.7. The lowest BCUT2D eigenvalue weighted by Crippen LogP contribution is -2.54. The van der Waals surface area contributed by atoms with Gasteiger partial charge in [0.15, 0.2) is 5.96 Å². The molecule has 0 aromatic heterocycles. The van der Waals surface area contributed by atoms with E-state index in [1.54, 1.807) is 0 Å². The van der Waals surface area contributed by atoms with Crippen molar-refractivity contribution in [2.45, 2.75) is 71.3 Å². The van der Waals surface area contributed by atoms with Crippen LogP contribution in [0.1, 0.15) is 74.6 Å². The van der Waals surface area contributed by atoms with E-state index >= 15 is 0 Å². The Morgan fingerprint density at radius 2 is 1.30 bits per heavy atom. The molecule has 202 valence electrons. The van der Waals surface area contributed by atoms with Gasteiger partial charge in [0.25, 0.3) is 0 Å². The highest BCUT2D eigenvalue weighted by Gasteiger charge is 2.39. The van der Waals surface area contributed by atoms with E-state index in [2.05, 4.69) is 86.5 Å². The second-order valence-corrected chi connectivity index (χ2v) is 10.5. The number of aliphatic imine (C=N–C) groups is 1. The van der Waals surface area contributed by atoms with Crippen molar-refractivity contribution in [1.82, 2.24) is 5.32 Å². The zero-order valence-corrected chi connectivity index (χ0v) is 22.7. The third-order valence-corrected chi connectivity index (χ3v) is 6.84. The number of rotatable bonds is 14. The van der Waals surface area contributed by atoms with Crippen molar-refractivity contribution in [3.63, 3.8) is 0 Å². The quantitative estimate of drug-likeness (QED) is 0.150. The molecule has 0 fully saturated rings. The van der Waals surface area contributed by atoms with E-state index in [0.29, 0.717) is 44.1 Å². The zero-order chi connectivity index (χ0) is 27.6. The number of hydrogen-bond acceptors (Lipinski definition) is 4. The van der Waals surface area contributed by atoms with Gasteiger partial charge in [-0.3, -0.25) is 14.6 Å². The lowest BCUT2D eigenvalue weighted by molar-refractivity contribution is -0.134. The molecule has 0 bridgehead atoms. The van der Waals surface area contributed by atoms with Crippen molar-refractivity contribution in [3.8, 4) is 0 Å². The maximum atomic E-state index is 13.8. The van der Waals surface area contributed by atoms with Crippen LogP contribution < -0.4 is 28.3 Å². The SMILES string of the molecule is CC(C)c1ccc(CC(CN)(Cc2ccc(C(C)C)cc2)C(=O)N[C@@H](CCCN=C(N)N)C(N)=O)cc1. The molecule has 37 heavy (non-hydrogen) atoms. The Kier molecular flexibility index (Phi) is 11.1. The summed E-state index contributed by atoms with van der Waals surface area (Å²) in [5.74, 6) is -0.0976. The second kappa shape index (κ2) is 13.8. The minimum Gasteiger partial charge on any atom is -0.370 e. The van der Waals surface area contributed by atoms with E-state index in [-0.39, 0.29) is 18.4 Å². The molecule has 0 heterocycles. The molecule has 2 aromatic carbocycles. The Bertz CT molecular complexity index is 988. The number of benzene rings is 2. The average molecular weight is 509 g/mol. The number of guanidine groups is 1. The minimum atomic E-state index is -0.966. The Morgan fingerprint density at radius 3 is 1.65 bits per heavy atom. The van der Waals surface area contributed by atoms with E-state index in [9.17, 15) is 9.59 Å². The van der Waals surface area contributed by atoms with E-state index in [0.717, 1.165) is 11.1 Å². The first-order valence-electron chi connectivity index (χ1n) is 13.0. The smallest absolute Gasteiger partial charge is 0.240 e. The van der Waals surface area contributed by atoms with Gasteiger partial charge in [-0.15, -0.1) is 0 Å². The molecule has 0 saturated carbocycles. The van der Waals surface area contributed by atoms with Crippen LogP contribution in [0.5, 0.6) is 0 Å². The molecule has 0 unspecified atom stereocenters. The van der Waals surface area contributed by atoms with Crippen LogP contribution in [-0.4, -0.2) is 36.9 Å². The Balaban J connectivity index is 2.35. The van der Waals surface area contributed by atoms with Gasteiger partial charge in [-0.25, -0.2) is 0 Å². The van der Waals surface area contributed by atoms with E-state index in [4.69, 9.17) is 22.9 Å². The van der Waals surface area contributed by atoms with E-state index in [1.165, 1.54) is 11.1 Å². The van der Waals surface area contributed by atoms with Crippen LogP contribution in [0.25, 0.3) is 0 Å². The van der Waals surface area contributed by atoms with Gasteiger partial charge in [0.2, 0.25) is 11.8 Å². The topological polar surface area (TPSA) is 163 Å². The Hall–Kier alpha value is -3.39. The van der Waals surface area contributed by atoms with Crippen LogP contribution in [0.15, 0.2) is 53.5 Å². The summed E-state index contributed by atoms with van der Waals surface area (Å²) >= 11 is 0. The largest absolute Gasteiger partial charge is 0.370 e. The predicted octanol–water partition coefficient (Wildman–Crippen LogP) is 2.69. The maximum Gasteiger partial charge on any atom is 0.240 e. The third-order valence-electron chi connectivity index (χ3n) is 6.84. The van der Waals surface area contributed by atoms with Crippen molar-refractivity contribution in [2.75, 3.05) is 13.1 Å². The number of nitrogens with two attached hydrogens (primary N) is 4. The van der Waals surface area contributed by atoms with Gasteiger partial charge >= 0.3 is 0 Å². The van der Waals surface area contributed by atoms with Gasteiger partial charge in [-0.05, 0) is 59.8 Å². The molecule has 0 aliphatic rings. The summed E-state index contributed by atoms with van der Waals surface area (Å²) in [4.78, 5) is 30.0. The highest BCUT2D eigenvalue weighted by Crippen LogP contribution is 2.30. The van der Waals surface area contributed by atoms with E-state index in [1.807, 2.05) is 0 Å². The molecule has 2 amide bonds. The molecule has 0 spiro atoms. The maximum absolute atomic E-state index is 13.8. The first kappa shape index (κ1) is 29.8. The van der Waals surface area contributed by atoms with Crippen LogP contribution in [0, 0.1) is 5.41 Å². The van der Waals surface area contributed by atoms with Crippen molar-refractivity contribution in [1.29, 1.82) is 0 Å². The van der Waals surface area contributed by atoms with Gasteiger partial charge in [-0.2, -0.15) is 0 Å². The second-order valence-electron chi connectivity index (χ2n) is 10.5. The summed E-state index contributed by atoms with van der Waals surface area (Å²) in [6.07, 6.45) is 1.68. The van der Waals surface area contributed by atoms with Crippen molar-refractivity contribution in [3.05, 3.63) is 70.8 Å². The molecular weight excluding hydrogens is 464 g/mol. The fourth-order valence-electron chi connectivity index (χ4n) is 4.38. The fourth-order valence-corrected chi connectivity index (χ4v) is 4.38. The summed E-state index contributed by atoms with van der Waals surface area (Å²) in [5.41, 5.74) is 26.2. The molecule has 9 N–H and O–H groups in total. The number of carbonyl (C=O) groups excluding carboxylic acids is 2. The summed E-state index contributed by atoms with van der Waals surface area (Å²) in [5, 5.41) is 2.89. The van der Waals surface area contributed by atoms with Crippen LogP contribution in [0.2, 0.25) is 0 Å². The number of primary amides is 1. The number of nitrogens with zero attached hydrogens (tertiary/aromatic N) is 1. The van der Waals surface area contributed by atoms with Crippen molar-refractivity contribution in [2.24, 2.45) is 33.3 Å². The Labute approximate surface area is 221 Å². The molecule has 1 atom stereocenters. The van der Waals surface area contributed by atoms with E-state index < -0.39 is 17.4 Å². The van der Waals surface area contributed by atoms with Gasteiger partial charge in [-0.1, -0.05) is 76.2 Å². The number of nitrogens with one attached hydrogen (secondary N) is 1. The lowest BCUT2D eigenvalue weighted by atomic mass is 9.75. The summed E-state index contributed by atoms with van der Waals surface area (Å²) in [6.45, 7) is 9.02. The summed E-state index contributed by atoms with van der Waals surface area (Å²) in [6, 6.07) is 15.7. The normalized spacial score (nSPS) is 12.4. The third kappa shape index (κ3) is 8.89. The molecule has 2 rings (SSSR count). The Morgan fingerprint density at radius 1 is 0.838 bits per heavy atom. The first-order valence-corrected chi connectivity index (χ1v) is 13.0. The first-order chi connectivity index (χ1) is 17.5. The van der Waals surface area contributed by atoms with Crippen LogP contribution in [0.3, 0.4) is 0 Å². The van der Waals surface area contributed by atoms with Gasteiger partial charge in [0.1, 0.15) is 6.04 Å². The van der Waals surface area contributed by atoms with Crippen LogP contribution in [0.4, 0.5) is 0 Å². The predicted molar refractivity (Wildman–Crippen MR) is 151 cm³/mol.